The zero-order valence-electron chi connectivity index (χ0n) is 11.8. The molecule has 1 aromatic heterocycles. The van der Waals surface area contributed by atoms with E-state index in [-0.39, 0.29) is 23.6 Å². The highest BCUT2D eigenvalue weighted by Gasteiger charge is 2.39. The van der Waals surface area contributed by atoms with Crippen molar-refractivity contribution in [2.45, 2.75) is 38.4 Å². The molecule has 0 bridgehead atoms. The molecule has 2 heterocycles. The Bertz CT molecular complexity index is 720. The molecule has 0 amide bonds. The molecule has 2 atom stereocenters. The fourth-order valence-electron chi connectivity index (χ4n) is 3.03. The third-order valence-corrected chi connectivity index (χ3v) is 4.38. The predicted molar refractivity (Wildman–Crippen MR) is 74.9 cm³/mol. The van der Waals surface area contributed by atoms with E-state index >= 15 is 0 Å². The maximum absolute atomic E-state index is 14.2. The molecule has 1 aliphatic heterocycles. The Hall–Kier alpha value is -2.04. The minimum Gasteiger partial charge on any atom is -0.290 e. The highest BCUT2D eigenvalue weighted by atomic mass is 19.1. The second-order valence-corrected chi connectivity index (χ2v) is 5.95. The van der Waals surface area contributed by atoms with Crippen molar-refractivity contribution >= 4 is 5.78 Å². The van der Waals surface area contributed by atoms with Crippen LogP contribution in [0.1, 0.15) is 59.0 Å². The SMILES string of the molecule is Cc1ccccc1C1CC(F)c2nc(C(=O)C3CC3)nn21. The maximum atomic E-state index is 14.2. The van der Waals surface area contributed by atoms with Gasteiger partial charge in [-0.15, -0.1) is 5.10 Å². The number of nitrogens with zero attached hydrogens (tertiary/aromatic N) is 3. The second kappa shape index (κ2) is 4.48. The molecule has 0 spiro atoms. The Morgan fingerprint density at radius 2 is 2.10 bits per heavy atom. The number of fused-ring (bicyclic) bond motifs is 1. The van der Waals surface area contributed by atoms with Gasteiger partial charge < -0.3 is 0 Å². The van der Waals surface area contributed by atoms with Gasteiger partial charge in [-0.25, -0.2) is 14.1 Å². The van der Waals surface area contributed by atoms with Gasteiger partial charge in [-0.05, 0) is 30.9 Å². The van der Waals surface area contributed by atoms with Crippen LogP contribution in [-0.4, -0.2) is 20.5 Å². The van der Waals surface area contributed by atoms with Crippen LogP contribution in [0.15, 0.2) is 24.3 Å². The molecule has 108 valence electrons. The molecule has 21 heavy (non-hydrogen) atoms. The van der Waals surface area contributed by atoms with Crippen LogP contribution >= 0.6 is 0 Å². The monoisotopic (exact) mass is 285 g/mol. The summed E-state index contributed by atoms with van der Waals surface area (Å²) in [5, 5.41) is 4.32. The summed E-state index contributed by atoms with van der Waals surface area (Å²) in [5.41, 5.74) is 2.15. The number of aromatic nitrogens is 3. The van der Waals surface area contributed by atoms with Crippen LogP contribution in [-0.2, 0) is 0 Å². The van der Waals surface area contributed by atoms with E-state index in [0.29, 0.717) is 12.2 Å². The van der Waals surface area contributed by atoms with Gasteiger partial charge in [-0.3, -0.25) is 4.79 Å². The van der Waals surface area contributed by atoms with Crippen molar-refractivity contribution in [2.75, 3.05) is 0 Å². The molecule has 4 nitrogen and oxygen atoms in total. The lowest BCUT2D eigenvalue weighted by Gasteiger charge is -2.14. The number of aryl methyl sites for hydroxylation is 1. The molecule has 1 aromatic carbocycles. The standard InChI is InChI=1S/C16H16FN3O/c1-9-4-2-3-5-11(9)13-8-12(17)16-18-15(19-20(13)16)14(21)10-6-7-10/h2-5,10,12-13H,6-8H2,1H3. The predicted octanol–water partition coefficient (Wildman–Crippen LogP) is 3.18. The first-order valence-electron chi connectivity index (χ1n) is 7.35. The molecule has 0 radical (unpaired) electrons. The van der Waals surface area contributed by atoms with Crippen molar-refractivity contribution in [3.8, 4) is 0 Å². The first-order valence-corrected chi connectivity index (χ1v) is 7.35. The number of benzene rings is 1. The van der Waals surface area contributed by atoms with Crippen LogP contribution in [0.25, 0.3) is 0 Å². The van der Waals surface area contributed by atoms with E-state index in [0.717, 1.165) is 24.0 Å². The zero-order valence-corrected chi connectivity index (χ0v) is 11.8. The van der Waals surface area contributed by atoms with Gasteiger partial charge in [-0.1, -0.05) is 24.3 Å². The highest BCUT2D eigenvalue weighted by molar-refractivity contribution is 5.95. The Balaban J connectivity index is 1.75. The number of carbonyl (C=O) groups excluding carboxylic acids is 1. The summed E-state index contributed by atoms with van der Waals surface area (Å²) in [6.45, 7) is 2.01. The summed E-state index contributed by atoms with van der Waals surface area (Å²) in [4.78, 5) is 16.2. The number of carbonyl (C=O) groups is 1. The van der Waals surface area contributed by atoms with Crippen molar-refractivity contribution < 1.29 is 9.18 Å². The number of hydrogen-bond acceptors (Lipinski definition) is 3. The molecule has 2 aromatic rings. The van der Waals surface area contributed by atoms with Gasteiger partial charge in [0.05, 0.1) is 6.04 Å². The van der Waals surface area contributed by atoms with E-state index < -0.39 is 6.17 Å². The quantitative estimate of drug-likeness (QED) is 0.814. The Kier molecular flexibility index (Phi) is 2.71. The van der Waals surface area contributed by atoms with Crippen molar-refractivity contribution in [1.29, 1.82) is 0 Å². The number of Topliss-reactive ketones (excluding diaryl/α,β-unsaturated/α-hetero) is 1. The molecular formula is C16H16FN3O. The lowest BCUT2D eigenvalue weighted by atomic mass is 9.99. The topological polar surface area (TPSA) is 47.8 Å². The van der Waals surface area contributed by atoms with E-state index in [1.807, 2.05) is 31.2 Å². The van der Waals surface area contributed by atoms with Gasteiger partial charge in [0.25, 0.3) is 0 Å². The number of halogens is 1. The van der Waals surface area contributed by atoms with Crippen LogP contribution in [0.3, 0.4) is 0 Å². The molecule has 1 fully saturated rings. The summed E-state index contributed by atoms with van der Waals surface area (Å²) in [7, 11) is 0. The number of alkyl halides is 1. The number of hydrogen-bond donors (Lipinski definition) is 0. The van der Waals surface area contributed by atoms with Crippen LogP contribution in [0.5, 0.6) is 0 Å². The number of rotatable bonds is 3. The third-order valence-electron chi connectivity index (χ3n) is 4.38. The van der Waals surface area contributed by atoms with Crippen LogP contribution in [0.2, 0.25) is 0 Å². The summed E-state index contributed by atoms with van der Waals surface area (Å²) in [6.07, 6.45) is 1.01. The first kappa shape index (κ1) is 12.7. The summed E-state index contributed by atoms with van der Waals surface area (Å²) < 4.78 is 15.9. The Morgan fingerprint density at radius 1 is 1.33 bits per heavy atom. The van der Waals surface area contributed by atoms with Crippen LogP contribution in [0.4, 0.5) is 4.39 Å². The molecule has 2 unspecified atom stereocenters. The third kappa shape index (κ3) is 1.99. The molecule has 1 aliphatic carbocycles. The highest BCUT2D eigenvalue weighted by Crippen LogP contribution is 2.41. The van der Waals surface area contributed by atoms with E-state index in [1.54, 1.807) is 4.68 Å². The van der Waals surface area contributed by atoms with Crippen molar-refractivity contribution in [3.63, 3.8) is 0 Å². The van der Waals surface area contributed by atoms with Crippen molar-refractivity contribution in [1.82, 2.24) is 14.8 Å². The van der Waals surface area contributed by atoms with Crippen molar-refractivity contribution in [2.24, 2.45) is 5.92 Å². The average Bonchev–Trinajstić information content (AvgIpc) is 3.15. The Morgan fingerprint density at radius 3 is 2.81 bits per heavy atom. The van der Waals surface area contributed by atoms with Gasteiger partial charge in [0.1, 0.15) is 0 Å². The van der Waals surface area contributed by atoms with Gasteiger partial charge in [0.15, 0.2) is 12.0 Å². The fourth-order valence-corrected chi connectivity index (χ4v) is 3.03. The first-order chi connectivity index (χ1) is 10.1. The molecule has 5 heteroatoms. The van der Waals surface area contributed by atoms with E-state index in [2.05, 4.69) is 10.1 Å². The van der Waals surface area contributed by atoms with E-state index in [9.17, 15) is 9.18 Å². The summed E-state index contributed by atoms with van der Waals surface area (Å²) >= 11 is 0. The lowest BCUT2D eigenvalue weighted by Crippen LogP contribution is -2.11. The van der Waals surface area contributed by atoms with Gasteiger partial charge in [-0.2, -0.15) is 0 Å². The van der Waals surface area contributed by atoms with Gasteiger partial charge >= 0.3 is 0 Å². The molecule has 1 saturated carbocycles. The molecular weight excluding hydrogens is 269 g/mol. The normalized spacial score (nSPS) is 24.1. The fraction of sp³-hybridized carbons (Fsp3) is 0.438. The Labute approximate surface area is 122 Å². The zero-order chi connectivity index (χ0) is 14.6. The number of ketones is 1. The van der Waals surface area contributed by atoms with Gasteiger partial charge in [0, 0.05) is 12.3 Å². The second-order valence-electron chi connectivity index (χ2n) is 5.95. The van der Waals surface area contributed by atoms with Crippen LogP contribution < -0.4 is 0 Å². The lowest BCUT2D eigenvalue weighted by molar-refractivity contribution is 0.0956. The molecule has 4 rings (SSSR count). The van der Waals surface area contributed by atoms with Crippen molar-refractivity contribution in [3.05, 3.63) is 47.0 Å². The summed E-state index contributed by atoms with van der Waals surface area (Å²) in [5.74, 6) is 0.511. The minimum absolute atomic E-state index is 0.0346. The molecule has 2 aliphatic rings. The molecule has 0 saturated heterocycles. The van der Waals surface area contributed by atoms with E-state index in [4.69, 9.17) is 0 Å². The van der Waals surface area contributed by atoms with Crippen LogP contribution in [0, 0.1) is 12.8 Å². The molecule has 0 N–H and O–H groups in total. The smallest absolute Gasteiger partial charge is 0.217 e. The minimum atomic E-state index is -1.15. The maximum Gasteiger partial charge on any atom is 0.217 e. The largest absolute Gasteiger partial charge is 0.290 e. The average molecular weight is 285 g/mol. The van der Waals surface area contributed by atoms with Gasteiger partial charge in [0.2, 0.25) is 11.6 Å². The van der Waals surface area contributed by atoms with E-state index in [1.165, 1.54) is 0 Å². The summed E-state index contributed by atoms with van der Waals surface area (Å²) in [6, 6.07) is 7.75.